The Bertz CT molecular complexity index is 175. The Labute approximate surface area is 69.2 Å². The number of ether oxygens (including phenoxy) is 1. The van der Waals surface area contributed by atoms with Gasteiger partial charge in [-0.2, -0.15) is 0 Å². The smallest absolute Gasteiger partial charge is 0.271 e. The molecule has 0 saturated carbocycles. The van der Waals surface area contributed by atoms with Crippen molar-refractivity contribution in [3.63, 3.8) is 0 Å². The van der Waals surface area contributed by atoms with Crippen LogP contribution < -0.4 is 0 Å². The highest BCUT2D eigenvalue weighted by Gasteiger charge is 2.18. The van der Waals surface area contributed by atoms with Crippen LogP contribution in [0.1, 0.15) is 13.8 Å². The van der Waals surface area contributed by atoms with E-state index >= 15 is 0 Å². The second-order valence-electron chi connectivity index (χ2n) is 2.26. The van der Waals surface area contributed by atoms with E-state index in [0.29, 0.717) is 0 Å². The van der Waals surface area contributed by atoms with Crippen molar-refractivity contribution >= 4 is 9.04 Å². The molecular weight excluding hydrogens is 156 g/mol. The van der Waals surface area contributed by atoms with Gasteiger partial charge in [-0.05, 0) is 19.9 Å². The highest BCUT2D eigenvalue weighted by atomic mass is 28.3. The predicted octanol–water partition coefficient (Wildman–Crippen LogP) is 1.32. The first-order chi connectivity index (χ1) is 5.38. The Morgan fingerprint density at radius 1 is 1.36 bits per heavy atom. The van der Waals surface area contributed by atoms with Gasteiger partial charge in [-0.15, -0.1) is 0 Å². The standard InChI is InChI=1S/C8H14O2Si/c1-3-9-8-6-5-7-11(8)10-4-2/h5-7,11H,3-4H2,1-2H3. The van der Waals surface area contributed by atoms with Gasteiger partial charge in [0.1, 0.15) is 5.38 Å². The summed E-state index contributed by atoms with van der Waals surface area (Å²) in [6, 6.07) is 0. The molecule has 0 saturated heterocycles. The highest BCUT2D eigenvalue weighted by molar-refractivity contribution is 6.66. The van der Waals surface area contributed by atoms with Crippen LogP contribution in [0.4, 0.5) is 0 Å². The molecule has 0 aromatic heterocycles. The molecular formula is C8H14O2Si. The normalized spacial score (nSPS) is 22.0. The second-order valence-corrected chi connectivity index (χ2v) is 4.39. The van der Waals surface area contributed by atoms with Crippen molar-refractivity contribution in [1.29, 1.82) is 0 Å². The quantitative estimate of drug-likeness (QED) is 0.592. The Kier molecular flexibility index (Phi) is 3.39. The minimum atomic E-state index is -1.26. The zero-order valence-electron chi connectivity index (χ0n) is 7.04. The maximum absolute atomic E-state index is 5.53. The van der Waals surface area contributed by atoms with Crippen LogP contribution in [0.15, 0.2) is 23.2 Å². The predicted molar refractivity (Wildman–Crippen MR) is 47.6 cm³/mol. The van der Waals surface area contributed by atoms with Gasteiger partial charge in [0.15, 0.2) is 0 Å². The molecule has 1 atom stereocenters. The van der Waals surface area contributed by atoms with Crippen molar-refractivity contribution in [2.75, 3.05) is 13.2 Å². The summed E-state index contributed by atoms with van der Waals surface area (Å²) in [7, 11) is -1.26. The van der Waals surface area contributed by atoms with Crippen molar-refractivity contribution in [1.82, 2.24) is 0 Å². The summed E-state index contributed by atoms with van der Waals surface area (Å²) in [5.74, 6) is 0. The topological polar surface area (TPSA) is 18.5 Å². The van der Waals surface area contributed by atoms with Crippen LogP contribution >= 0.6 is 0 Å². The Morgan fingerprint density at radius 2 is 2.18 bits per heavy atom. The molecule has 11 heavy (non-hydrogen) atoms. The molecule has 1 unspecified atom stereocenters. The van der Waals surface area contributed by atoms with Gasteiger partial charge >= 0.3 is 0 Å². The van der Waals surface area contributed by atoms with E-state index in [2.05, 4.69) is 5.70 Å². The van der Waals surface area contributed by atoms with Gasteiger partial charge in [0.05, 0.1) is 6.61 Å². The van der Waals surface area contributed by atoms with Crippen LogP contribution in [0.25, 0.3) is 0 Å². The van der Waals surface area contributed by atoms with Gasteiger partial charge in [0.25, 0.3) is 9.04 Å². The Balaban J connectivity index is 2.40. The van der Waals surface area contributed by atoms with E-state index in [9.17, 15) is 0 Å². The van der Waals surface area contributed by atoms with E-state index in [1.165, 1.54) is 0 Å². The summed E-state index contributed by atoms with van der Waals surface area (Å²) < 4.78 is 10.9. The van der Waals surface area contributed by atoms with Crippen LogP contribution in [0.2, 0.25) is 0 Å². The second kappa shape index (κ2) is 4.36. The van der Waals surface area contributed by atoms with Crippen molar-refractivity contribution in [3.05, 3.63) is 23.2 Å². The maximum atomic E-state index is 5.53. The van der Waals surface area contributed by atoms with Crippen LogP contribution in [0.5, 0.6) is 0 Å². The van der Waals surface area contributed by atoms with E-state index in [1.807, 2.05) is 26.0 Å². The lowest BCUT2D eigenvalue weighted by Gasteiger charge is -2.11. The van der Waals surface area contributed by atoms with Gasteiger partial charge in [-0.25, -0.2) is 0 Å². The Hall–Kier alpha value is -0.543. The molecule has 0 aliphatic carbocycles. The summed E-state index contributed by atoms with van der Waals surface area (Å²) in [6.45, 7) is 5.54. The molecule has 0 amide bonds. The van der Waals surface area contributed by atoms with Crippen molar-refractivity contribution < 1.29 is 9.16 Å². The number of allylic oxidation sites excluding steroid dienone is 2. The monoisotopic (exact) mass is 170 g/mol. The fourth-order valence-electron chi connectivity index (χ4n) is 1.06. The van der Waals surface area contributed by atoms with Crippen molar-refractivity contribution in [2.45, 2.75) is 13.8 Å². The lowest BCUT2D eigenvalue weighted by Crippen LogP contribution is -2.18. The molecule has 1 heterocycles. The summed E-state index contributed by atoms with van der Waals surface area (Å²) >= 11 is 0. The summed E-state index contributed by atoms with van der Waals surface area (Å²) in [5, 5.41) is 1.06. The molecule has 1 rings (SSSR count). The molecule has 2 nitrogen and oxygen atoms in total. The summed E-state index contributed by atoms with van der Waals surface area (Å²) in [4.78, 5) is 0. The molecule has 1 aliphatic rings. The minimum absolute atomic E-state index is 0.740. The Morgan fingerprint density at radius 3 is 2.82 bits per heavy atom. The van der Waals surface area contributed by atoms with Crippen molar-refractivity contribution in [3.8, 4) is 0 Å². The first-order valence-corrected chi connectivity index (χ1v) is 5.72. The van der Waals surface area contributed by atoms with E-state index < -0.39 is 9.04 Å². The maximum Gasteiger partial charge on any atom is 0.271 e. The summed E-state index contributed by atoms with van der Waals surface area (Å²) in [5.41, 5.74) is 2.13. The number of hydrogen-bond donors (Lipinski definition) is 0. The fourth-order valence-corrected chi connectivity index (χ4v) is 2.82. The van der Waals surface area contributed by atoms with Crippen LogP contribution in [-0.2, 0) is 9.16 Å². The van der Waals surface area contributed by atoms with E-state index in [4.69, 9.17) is 9.16 Å². The first-order valence-electron chi connectivity index (χ1n) is 4.01. The third kappa shape index (κ3) is 2.20. The largest absolute Gasteiger partial charge is 0.500 e. The minimum Gasteiger partial charge on any atom is -0.500 e. The van der Waals surface area contributed by atoms with Crippen molar-refractivity contribution in [2.24, 2.45) is 0 Å². The molecule has 62 valence electrons. The SMILES string of the molecule is CCOC1=CC=C[SiH]1OCC. The van der Waals surface area contributed by atoms with E-state index in [0.717, 1.165) is 18.6 Å². The third-order valence-electron chi connectivity index (χ3n) is 1.48. The first kappa shape index (κ1) is 8.55. The average molecular weight is 170 g/mol. The summed E-state index contributed by atoms with van der Waals surface area (Å²) in [6.07, 6.45) is 4.04. The zero-order valence-corrected chi connectivity index (χ0v) is 8.19. The number of rotatable bonds is 4. The fraction of sp³-hybridized carbons (Fsp3) is 0.500. The molecule has 0 fully saturated rings. The van der Waals surface area contributed by atoms with Gasteiger partial charge in [-0.1, -0.05) is 11.8 Å². The van der Waals surface area contributed by atoms with E-state index in [1.54, 1.807) is 0 Å². The number of hydrogen-bond acceptors (Lipinski definition) is 2. The molecule has 0 N–H and O–H groups in total. The van der Waals surface area contributed by atoms with Gasteiger partial charge < -0.3 is 9.16 Å². The van der Waals surface area contributed by atoms with Crippen LogP contribution in [-0.4, -0.2) is 22.3 Å². The average Bonchev–Trinajstić information content (AvgIpc) is 2.39. The van der Waals surface area contributed by atoms with Crippen LogP contribution in [0.3, 0.4) is 0 Å². The molecule has 0 spiro atoms. The lowest BCUT2D eigenvalue weighted by atomic mass is 10.6. The van der Waals surface area contributed by atoms with Gasteiger partial charge in [-0.3, -0.25) is 0 Å². The van der Waals surface area contributed by atoms with Crippen LogP contribution in [0, 0.1) is 0 Å². The molecule has 0 bridgehead atoms. The lowest BCUT2D eigenvalue weighted by molar-refractivity contribution is 0.236. The molecule has 1 aliphatic heterocycles. The molecule has 0 aromatic carbocycles. The molecule has 0 aromatic rings. The van der Waals surface area contributed by atoms with Gasteiger partial charge in [0, 0.05) is 6.61 Å². The third-order valence-corrected chi connectivity index (χ3v) is 3.67. The zero-order chi connectivity index (χ0) is 8.10. The highest BCUT2D eigenvalue weighted by Crippen LogP contribution is 2.12. The molecule has 3 heteroatoms. The van der Waals surface area contributed by atoms with Gasteiger partial charge in [0.2, 0.25) is 0 Å². The van der Waals surface area contributed by atoms with E-state index in [-0.39, 0.29) is 0 Å². The molecule has 0 radical (unpaired) electrons.